The second-order valence-corrected chi connectivity index (χ2v) is 6.35. The number of alkyl halides is 2. The lowest BCUT2D eigenvalue weighted by atomic mass is 10.0. The van der Waals surface area contributed by atoms with Crippen LogP contribution in [0.5, 0.6) is 5.75 Å². The van der Waals surface area contributed by atoms with Crippen molar-refractivity contribution in [1.29, 1.82) is 0 Å². The van der Waals surface area contributed by atoms with E-state index in [-0.39, 0.29) is 29.4 Å². The minimum absolute atomic E-state index is 0.0399. The Hall–Kier alpha value is -2.90. The largest absolute Gasteiger partial charge is 0.459 e. The summed E-state index contributed by atoms with van der Waals surface area (Å²) in [7, 11) is 0. The number of carbonyl (C=O) groups excluding carboxylic acids is 2. The third-order valence-corrected chi connectivity index (χ3v) is 3.94. The molecule has 0 aliphatic carbocycles. The maximum atomic E-state index is 12.6. The zero-order valence-electron chi connectivity index (χ0n) is 15.2. The van der Waals surface area contributed by atoms with E-state index in [0.29, 0.717) is 5.56 Å². The Bertz CT molecular complexity index is 746. The summed E-state index contributed by atoms with van der Waals surface area (Å²) >= 11 is 0. The Morgan fingerprint density at radius 2 is 1.70 bits per heavy atom. The molecule has 2 N–H and O–H groups in total. The van der Waals surface area contributed by atoms with Crippen LogP contribution >= 0.6 is 0 Å². The van der Waals surface area contributed by atoms with E-state index in [1.807, 2.05) is 13.8 Å². The molecular formula is C19H22F2N2O4. The van der Waals surface area contributed by atoms with Gasteiger partial charge in [-0.1, -0.05) is 26.0 Å². The lowest BCUT2D eigenvalue weighted by molar-refractivity contribution is -0.124. The van der Waals surface area contributed by atoms with Crippen LogP contribution in [-0.4, -0.2) is 24.5 Å². The van der Waals surface area contributed by atoms with Crippen LogP contribution < -0.4 is 15.4 Å². The lowest BCUT2D eigenvalue weighted by Crippen LogP contribution is -2.50. The van der Waals surface area contributed by atoms with Gasteiger partial charge in [-0.15, -0.1) is 0 Å². The van der Waals surface area contributed by atoms with Gasteiger partial charge in [0.1, 0.15) is 11.8 Å². The number of furan rings is 1. The van der Waals surface area contributed by atoms with Crippen LogP contribution in [0, 0.1) is 5.92 Å². The van der Waals surface area contributed by atoms with Crippen LogP contribution in [0.15, 0.2) is 47.1 Å². The molecule has 0 spiro atoms. The molecular weight excluding hydrogens is 358 g/mol. The zero-order chi connectivity index (χ0) is 20.0. The number of nitrogens with one attached hydrogen (secondary N) is 2. The SMILES string of the molecule is CC(NC(=O)C(NC(=O)c1ccco1)C(C)C)c1ccc(OC(F)F)cc1. The minimum atomic E-state index is -2.89. The maximum Gasteiger partial charge on any atom is 0.387 e. The van der Waals surface area contributed by atoms with Crippen LogP contribution in [0.1, 0.15) is 42.9 Å². The Labute approximate surface area is 155 Å². The van der Waals surface area contributed by atoms with Crippen molar-refractivity contribution in [3.05, 3.63) is 54.0 Å². The average molecular weight is 380 g/mol. The van der Waals surface area contributed by atoms with E-state index >= 15 is 0 Å². The van der Waals surface area contributed by atoms with Gasteiger partial charge in [0, 0.05) is 0 Å². The van der Waals surface area contributed by atoms with Gasteiger partial charge in [-0.3, -0.25) is 9.59 Å². The fourth-order valence-electron chi connectivity index (χ4n) is 2.48. The topological polar surface area (TPSA) is 80.6 Å². The van der Waals surface area contributed by atoms with Gasteiger partial charge in [-0.25, -0.2) is 0 Å². The standard InChI is InChI=1S/C19H22F2N2O4/c1-11(2)16(23-17(24)15-5-4-10-26-15)18(25)22-12(3)13-6-8-14(9-7-13)27-19(20)21/h4-12,16,19H,1-3H3,(H,22,25)(H,23,24). The van der Waals surface area contributed by atoms with Crippen molar-refractivity contribution in [2.45, 2.75) is 39.5 Å². The smallest absolute Gasteiger partial charge is 0.387 e. The van der Waals surface area contributed by atoms with E-state index in [1.54, 1.807) is 25.1 Å². The summed E-state index contributed by atoms with van der Waals surface area (Å²) in [5, 5.41) is 5.47. The zero-order valence-corrected chi connectivity index (χ0v) is 15.2. The highest BCUT2D eigenvalue weighted by Crippen LogP contribution is 2.19. The van der Waals surface area contributed by atoms with Crippen molar-refractivity contribution in [3.63, 3.8) is 0 Å². The van der Waals surface area contributed by atoms with Crippen molar-refractivity contribution in [2.75, 3.05) is 0 Å². The second kappa shape index (κ2) is 9.16. The highest BCUT2D eigenvalue weighted by atomic mass is 19.3. The molecule has 2 aromatic rings. The van der Waals surface area contributed by atoms with E-state index in [1.165, 1.54) is 24.5 Å². The van der Waals surface area contributed by atoms with Crippen LogP contribution in [0.2, 0.25) is 0 Å². The predicted octanol–water partition coefficient (Wildman–Crippen LogP) is 3.51. The minimum Gasteiger partial charge on any atom is -0.459 e. The third-order valence-electron chi connectivity index (χ3n) is 3.94. The number of ether oxygens (including phenoxy) is 1. The fraction of sp³-hybridized carbons (Fsp3) is 0.368. The number of hydrogen-bond donors (Lipinski definition) is 2. The van der Waals surface area contributed by atoms with Gasteiger partial charge < -0.3 is 19.8 Å². The normalized spacial score (nSPS) is 13.3. The Balaban J connectivity index is 2.00. The molecule has 27 heavy (non-hydrogen) atoms. The van der Waals surface area contributed by atoms with Gasteiger partial charge in [0.25, 0.3) is 5.91 Å². The number of carbonyl (C=O) groups is 2. The first-order chi connectivity index (χ1) is 12.8. The fourth-order valence-corrected chi connectivity index (χ4v) is 2.48. The number of rotatable bonds is 8. The molecule has 1 aromatic carbocycles. The third kappa shape index (κ3) is 5.80. The number of amides is 2. The molecule has 0 saturated carbocycles. The van der Waals surface area contributed by atoms with Crippen molar-refractivity contribution < 1.29 is 27.5 Å². The van der Waals surface area contributed by atoms with Gasteiger partial charge in [0.15, 0.2) is 5.76 Å². The summed E-state index contributed by atoms with van der Waals surface area (Å²) in [4.78, 5) is 24.8. The van der Waals surface area contributed by atoms with Crippen molar-refractivity contribution >= 4 is 11.8 Å². The summed E-state index contributed by atoms with van der Waals surface area (Å²) < 4.78 is 33.7. The molecule has 0 aliphatic rings. The molecule has 2 amide bonds. The molecule has 0 saturated heterocycles. The molecule has 2 unspecified atom stereocenters. The second-order valence-electron chi connectivity index (χ2n) is 6.35. The summed E-state index contributed by atoms with van der Waals surface area (Å²) in [6, 6.07) is 7.94. The molecule has 2 rings (SSSR count). The van der Waals surface area contributed by atoms with Crippen LogP contribution in [-0.2, 0) is 4.79 Å². The van der Waals surface area contributed by atoms with E-state index < -0.39 is 18.6 Å². The molecule has 1 heterocycles. The summed E-state index contributed by atoms with van der Waals surface area (Å²) in [5.41, 5.74) is 0.713. The monoisotopic (exact) mass is 380 g/mol. The predicted molar refractivity (Wildman–Crippen MR) is 94.4 cm³/mol. The molecule has 2 atom stereocenters. The number of hydrogen-bond acceptors (Lipinski definition) is 4. The first kappa shape index (κ1) is 20.4. The first-order valence-electron chi connectivity index (χ1n) is 8.47. The van der Waals surface area contributed by atoms with Gasteiger partial charge in [-0.2, -0.15) is 8.78 Å². The van der Waals surface area contributed by atoms with Gasteiger partial charge in [0.2, 0.25) is 5.91 Å². The molecule has 0 bridgehead atoms. The molecule has 0 fully saturated rings. The summed E-state index contributed by atoms with van der Waals surface area (Å²) in [5.74, 6) is -0.826. The molecule has 6 nitrogen and oxygen atoms in total. The van der Waals surface area contributed by atoms with Crippen molar-refractivity contribution in [1.82, 2.24) is 10.6 Å². The quantitative estimate of drug-likeness (QED) is 0.734. The van der Waals surface area contributed by atoms with Gasteiger partial charge in [0.05, 0.1) is 12.3 Å². The highest BCUT2D eigenvalue weighted by molar-refractivity contribution is 5.95. The summed E-state index contributed by atoms with van der Waals surface area (Å²) in [6.45, 7) is 2.49. The van der Waals surface area contributed by atoms with Gasteiger partial charge in [-0.05, 0) is 42.7 Å². The molecule has 0 aliphatic heterocycles. The van der Waals surface area contributed by atoms with E-state index in [9.17, 15) is 18.4 Å². The van der Waals surface area contributed by atoms with E-state index in [2.05, 4.69) is 15.4 Å². The highest BCUT2D eigenvalue weighted by Gasteiger charge is 2.26. The Morgan fingerprint density at radius 1 is 1.04 bits per heavy atom. The van der Waals surface area contributed by atoms with Crippen LogP contribution in [0.25, 0.3) is 0 Å². The number of benzene rings is 1. The first-order valence-corrected chi connectivity index (χ1v) is 8.47. The van der Waals surface area contributed by atoms with E-state index in [4.69, 9.17) is 4.42 Å². The Morgan fingerprint density at radius 3 is 2.22 bits per heavy atom. The lowest BCUT2D eigenvalue weighted by Gasteiger charge is -2.24. The van der Waals surface area contributed by atoms with Crippen LogP contribution in [0.3, 0.4) is 0 Å². The van der Waals surface area contributed by atoms with Crippen LogP contribution in [0.4, 0.5) is 8.78 Å². The number of halogens is 2. The molecule has 8 heteroatoms. The Kier molecular flexibility index (Phi) is 6.92. The molecule has 146 valence electrons. The molecule has 0 radical (unpaired) electrons. The average Bonchev–Trinajstić information content (AvgIpc) is 3.13. The van der Waals surface area contributed by atoms with Gasteiger partial charge >= 0.3 is 6.61 Å². The maximum absolute atomic E-state index is 12.6. The van der Waals surface area contributed by atoms with Crippen molar-refractivity contribution in [2.24, 2.45) is 5.92 Å². The molecule has 1 aromatic heterocycles. The summed E-state index contributed by atoms with van der Waals surface area (Å²) in [6.07, 6.45) is 1.38. The van der Waals surface area contributed by atoms with E-state index in [0.717, 1.165) is 0 Å². The van der Waals surface area contributed by atoms with Crippen molar-refractivity contribution in [3.8, 4) is 5.75 Å².